The van der Waals surface area contributed by atoms with Gasteiger partial charge in [0.15, 0.2) is 0 Å². The van der Waals surface area contributed by atoms with E-state index in [1.165, 1.54) is 11.1 Å². The lowest BCUT2D eigenvalue weighted by Crippen LogP contribution is -2.48. The van der Waals surface area contributed by atoms with Crippen LogP contribution in [0.25, 0.3) is 0 Å². The third-order valence-corrected chi connectivity index (χ3v) is 5.62. The minimum Gasteiger partial charge on any atom is -0.368 e. The van der Waals surface area contributed by atoms with Crippen molar-refractivity contribution in [1.29, 1.82) is 5.26 Å². The van der Waals surface area contributed by atoms with Crippen LogP contribution in [0.2, 0.25) is 0 Å². The van der Waals surface area contributed by atoms with Crippen LogP contribution in [0.4, 0.5) is 5.69 Å². The standard InChI is InChI=1S/C23H22N4S/c24-17-20-21(11-12-25-23(20)28)26-13-15-27(16-14-26)22(18-7-3-1-4-8-18)19-9-5-2-6-10-19/h1-12,22H,13-16H2,(H,25,28). The molecule has 0 atom stereocenters. The zero-order valence-electron chi connectivity index (χ0n) is 15.6. The van der Waals surface area contributed by atoms with Gasteiger partial charge in [-0.25, -0.2) is 0 Å². The fourth-order valence-corrected chi connectivity index (χ4v) is 4.16. The van der Waals surface area contributed by atoms with Crippen molar-refractivity contribution >= 4 is 17.9 Å². The third kappa shape index (κ3) is 3.70. The molecule has 4 rings (SSSR count). The Kier molecular flexibility index (Phi) is 5.52. The second-order valence-corrected chi connectivity index (χ2v) is 7.33. The highest BCUT2D eigenvalue weighted by molar-refractivity contribution is 7.71. The quantitative estimate of drug-likeness (QED) is 0.669. The van der Waals surface area contributed by atoms with Crippen LogP contribution >= 0.6 is 12.2 Å². The van der Waals surface area contributed by atoms with Crippen LogP contribution in [0.1, 0.15) is 22.7 Å². The molecule has 1 aliphatic rings. The van der Waals surface area contributed by atoms with Gasteiger partial charge in [-0.3, -0.25) is 4.90 Å². The normalized spacial score (nSPS) is 14.8. The van der Waals surface area contributed by atoms with Crippen LogP contribution < -0.4 is 4.90 Å². The van der Waals surface area contributed by atoms with Crippen molar-refractivity contribution in [3.05, 3.63) is 94.3 Å². The van der Waals surface area contributed by atoms with Gasteiger partial charge in [0.25, 0.3) is 0 Å². The first-order chi connectivity index (χ1) is 13.8. The molecule has 3 aromatic rings. The van der Waals surface area contributed by atoms with E-state index in [1.54, 1.807) is 0 Å². The van der Waals surface area contributed by atoms with Crippen LogP contribution in [-0.2, 0) is 0 Å². The van der Waals surface area contributed by atoms with E-state index in [4.69, 9.17) is 12.2 Å². The minimum atomic E-state index is 0.235. The maximum Gasteiger partial charge on any atom is 0.123 e. The van der Waals surface area contributed by atoms with Gasteiger partial charge < -0.3 is 9.88 Å². The number of hydrogen-bond acceptors (Lipinski definition) is 4. The predicted octanol–water partition coefficient (Wildman–Crippen LogP) is 4.53. The number of hydrogen-bond donors (Lipinski definition) is 1. The zero-order chi connectivity index (χ0) is 19.3. The number of H-pyrrole nitrogens is 1. The molecule has 5 heteroatoms. The Morgan fingerprint density at radius 2 is 1.43 bits per heavy atom. The topological polar surface area (TPSA) is 46.1 Å². The largest absolute Gasteiger partial charge is 0.368 e. The third-order valence-electron chi connectivity index (χ3n) is 5.30. The molecular formula is C23H22N4S. The van der Waals surface area contributed by atoms with Crippen molar-refractivity contribution in [2.45, 2.75) is 6.04 Å². The summed E-state index contributed by atoms with van der Waals surface area (Å²) in [5.41, 5.74) is 4.11. The number of piperazine rings is 1. The molecule has 1 N–H and O–H groups in total. The number of pyridine rings is 1. The lowest BCUT2D eigenvalue weighted by atomic mass is 9.96. The molecule has 0 saturated carbocycles. The first-order valence-electron chi connectivity index (χ1n) is 9.48. The summed E-state index contributed by atoms with van der Waals surface area (Å²) in [5, 5.41) is 9.49. The van der Waals surface area contributed by atoms with Gasteiger partial charge in [0.05, 0.1) is 11.7 Å². The highest BCUT2D eigenvalue weighted by Crippen LogP contribution is 2.30. The van der Waals surface area contributed by atoms with Crippen molar-refractivity contribution in [3.8, 4) is 6.07 Å². The lowest BCUT2D eigenvalue weighted by molar-refractivity contribution is 0.212. The van der Waals surface area contributed by atoms with Gasteiger partial charge in [-0.05, 0) is 17.2 Å². The van der Waals surface area contributed by atoms with Crippen LogP contribution in [0.5, 0.6) is 0 Å². The molecule has 1 saturated heterocycles. The number of benzene rings is 2. The Bertz CT molecular complexity index is 976. The van der Waals surface area contributed by atoms with Crippen molar-refractivity contribution in [2.75, 3.05) is 31.1 Å². The van der Waals surface area contributed by atoms with E-state index in [0.29, 0.717) is 10.2 Å². The van der Waals surface area contributed by atoms with Crippen molar-refractivity contribution in [1.82, 2.24) is 9.88 Å². The van der Waals surface area contributed by atoms with Gasteiger partial charge in [-0.15, -0.1) is 0 Å². The van der Waals surface area contributed by atoms with E-state index >= 15 is 0 Å². The Morgan fingerprint density at radius 3 is 1.96 bits per heavy atom. The molecule has 4 nitrogen and oxygen atoms in total. The van der Waals surface area contributed by atoms with Crippen molar-refractivity contribution in [2.24, 2.45) is 0 Å². The second kappa shape index (κ2) is 8.39. The summed E-state index contributed by atoms with van der Waals surface area (Å²) in [6.07, 6.45) is 1.82. The van der Waals surface area contributed by atoms with Crippen molar-refractivity contribution in [3.63, 3.8) is 0 Å². The summed E-state index contributed by atoms with van der Waals surface area (Å²) in [4.78, 5) is 7.75. The number of aromatic amines is 1. The van der Waals surface area contributed by atoms with Crippen LogP contribution in [0.15, 0.2) is 72.9 Å². The van der Waals surface area contributed by atoms with E-state index in [0.717, 1.165) is 31.9 Å². The minimum absolute atomic E-state index is 0.235. The van der Waals surface area contributed by atoms with E-state index in [-0.39, 0.29) is 6.04 Å². The van der Waals surface area contributed by atoms with Gasteiger partial charge in [0.2, 0.25) is 0 Å². The second-order valence-electron chi connectivity index (χ2n) is 6.93. The van der Waals surface area contributed by atoms with Gasteiger partial charge >= 0.3 is 0 Å². The first-order valence-corrected chi connectivity index (χ1v) is 9.89. The number of nitrogens with zero attached hydrogens (tertiary/aromatic N) is 3. The molecular weight excluding hydrogens is 364 g/mol. The number of anilines is 1. The smallest absolute Gasteiger partial charge is 0.123 e. The van der Waals surface area contributed by atoms with Crippen LogP contribution in [-0.4, -0.2) is 36.1 Å². The lowest BCUT2D eigenvalue weighted by Gasteiger charge is -2.40. The van der Waals surface area contributed by atoms with Crippen LogP contribution in [0, 0.1) is 16.0 Å². The van der Waals surface area contributed by atoms with Gasteiger partial charge in [-0.1, -0.05) is 72.9 Å². The Balaban J connectivity index is 1.58. The Hall–Kier alpha value is -2.94. The SMILES string of the molecule is N#Cc1c(N2CCN(C(c3ccccc3)c3ccccc3)CC2)cc[nH]c1=S. The molecule has 0 aliphatic carbocycles. The van der Waals surface area contributed by atoms with Crippen molar-refractivity contribution < 1.29 is 0 Å². The monoisotopic (exact) mass is 386 g/mol. The number of aromatic nitrogens is 1. The Labute approximate surface area is 170 Å². The molecule has 0 bridgehead atoms. The maximum absolute atomic E-state index is 9.49. The highest BCUT2D eigenvalue weighted by atomic mass is 32.1. The average Bonchev–Trinajstić information content (AvgIpc) is 2.76. The summed E-state index contributed by atoms with van der Waals surface area (Å²) in [5.74, 6) is 0. The number of rotatable bonds is 4. The van der Waals surface area contributed by atoms with Crippen LogP contribution in [0.3, 0.4) is 0 Å². The van der Waals surface area contributed by atoms with E-state index in [9.17, 15) is 5.26 Å². The fourth-order valence-electron chi connectivity index (χ4n) is 3.95. The van der Waals surface area contributed by atoms with Gasteiger partial charge in [0, 0.05) is 32.4 Å². The zero-order valence-corrected chi connectivity index (χ0v) is 16.4. The summed E-state index contributed by atoms with van der Waals surface area (Å²) >= 11 is 5.29. The fraction of sp³-hybridized carbons (Fsp3) is 0.217. The molecule has 0 radical (unpaired) electrons. The van der Waals surface area contributed by atoms with Gasteiger partial charge in [-0.2, -0.15) is 5.26 Å². The molecule has 2 heterocycles. The summed E-state index contributed by atoms with van der Waals surface area (Å²) < 4.78 is 0.508. The summed E-state index contributed by atoms with van der Waals surface area (Å²) in [7, 11) is 0. The molecule has 0 unspecified atom stereocenters. The Morgan fingerprint density at radius 1 is 0.857 bits per heavy atom. The molecule has 0 spiro atoms. The summed E-state index contributed by atoms with van der Waals surface area (Å²) in [6.45, 7) is 3.57. The first kappa shape index (κ1) is 18.4. The van der Waals surface area contributed by atoms with E-state index in [1.807, 2.05) is 12.3 Å². The molecule has 1 fully saturated rings. The molecule has 2 aromatic carbocycles. The molecule has 1 aliphatic heterocycles. The van der Waals surface area contributed by atoms with E-state index < -0.39 is 0 Å². The molecule has 0 amide bonds. The molecule has 28 heavy (non-hydrogen) atoms. The summed E-state index contributed by atoms with van der Waals surface area (Å²) in [6, 6.07) is 25.8. The average molecular weight is 387 g/mol. The molecule has 140 valence electrons. The van der Waals surface area contributed by atoms with E-state index in [2.05, 4.69) is 81.5 Å². The predicted molar refractivity (Wildman–Crippen MR) is 115 cm³/mol. The van der Waals surface area contributed by atoms with Gasteiger partial charge in [0.1, 0.15) is 16.3 Å². The highest BCUT2D eigenvalue weighted by Gasteiger charge is 2.27. The molecule has 1 aromatic heterocycles. The number of nitriles is 1. The number of nitrogens with one attached hydrogen (secondary N) is 1. The maximum atomic E-state index is 9.49.